The summed E-state index contributed by atoms with van der Waals surface area (Å²) in [5.74, 6) is -2.01. The maximum Gasteiger partial charge on any atom is 0.414 e. The molecule has 0 saturated carbocycles. The van der Waals surface area contributed by atoms with Gasteiger partial charge in [-0.1, -0.05) is 40.2 Å². The standard InChI is InChI=1S/C21H27BrN2O2.C2H2O4/c1-3-26-21-14-17(8-9-20(21)25-2)15-23-10-12-24(13-11-23)16-18-6-4-5-7-19(18)22;3-1(4)2(5)6/h4-9,14H,3,10-13,15-16H2,1-2H3;(H,3,4)(H,5,6). The van der Waals surface area contributed by atoms with Crippen molar-refractivity contribution in [3.05, 3.63) is 58.1 Å². The molecule has 2 N–H and O–H groups in total. The van der Waals surface area contributed by atoms with Crippen LogP contribution >= 0.6 is 15.9 Å². The van der Waals surface area contributed by atoms with Crippen LogP contribution in [0.4, 0.5) is 0 Å². The number of piperazine rings is 1. The van der Waals surface area contributed by atoms with Gasteiger partial charge in [0, 0.05) is 43.7 Å². The first-order valence-electron chi connectivity index (χ1n) is 10.3. The van der Waals surface area contributed by atoms with Gasteiger partial charge in [0.15, 0.2) is 11.5 Å². The van der Waals surface area contributed by atoms with E-state index in [1.54, 1.807) is 7.11 Å². The van der Waals surface area contributed by atoms with Gasteiger partial charge in [-0.05, 0) is 36.2 Å². The molecule has 1 saturated heterocycles. The van der Waals surface area contributed by atoms with Gasteiger partial charge >= 0.3 is 11.9 Å². The van der Waals surface area contributed by atoms with Crippen LogP contribution in [0.15, 0.2) is 46.9 Å². The van der Waals surface area contributed by atoms with E-state index in [0.29, 0.717) is 6.61 Å². The maximum absolute atomic E-state index is 9.10. The lowest BCUT2D eigenvalue weighted by atomic mass is 10.1. The highest BCUT2D eigenvalue weighted by atomic mass is 79.9. The molecule has 174 valence electrons. The Hall–Kier alpha value is -2.62. The molecule has 2 aromatic rings. The third-order valence-corrected chi connectivity index (χ3v) is 5.71. The van der Waals surface area contributed by atoms with Gasteiger partial charge in [-0.25, -0.2) is 9.59 Å². The lowest BCUT2D eigenvalue weighted by molar-refractivity contribution is -0.159. The molecule has 8 nitrogen and oxygen atoms in total. The highest BCUT2D eigenvalue weighted by Gasteiger charge is 2.18. The molecular weight excluding hydrogens is 480 g/mol. The molecule has 1 heterocycles. The van der Waals surface area contributed by atoms with E-state index in [2.05, 4.69) is 62.1 Å². The molecular formula is C23H29BrN2O6. The first-order chi connectivity index (χ1) is 15.3. The topological polar surface area (TPSA) is 99.5 Å². The number of ether oxygens (including phenoxy) is 2. The molecule has 1 aliphatic rings. The van der Waals surface area contributed by atoms with Crippen molar-refractivity contribution in [3.63, 3.8) is 0 Å². The molecule has 0 spiro atoms. The summed E-state index contributed by atoms with van der Waals surface area (Å²) in [7, 11) is 1.68. The van der Waals surface area contributed by atoms with Crippen molar-refractivity contribution in [2.24, 2.45) is 0 Å². The molecule has 0 aromatic heterocycles. The number of benzene rings is 2. The number of carbonyl (C=O) groups is 2. The predicted octanol–water partition coefficient (Wildman–Crippen LogP) is 3.33. The van der Waals surface area contributed by atoms with Crippen molar-refractivity contribution < 1.29 is 29.3 Å². The number of nitrogens with zero attached hydrogens (tertiary/aromatic N) is 2. The van der Waals surface area contributed by atoms with Gasteiger partial charge in [0.05, 0.1) is 13.7 Å². The molecule has 1 fully saturated rings. The molecule has 2 aromatic carbocycles. The Morgan fingerprint density at radius 1 is 0.938 bits per heavy atom. The van der Waals surface area contributed by atoms with Crippen LogP contribution < -0.4 is 9.47 Å². The summed E-state index contributed by atoms with van der Waals surface area (Å²) in [4.78, 5) is 23.2. The fraction of sp³-hybridized carbons (Fsp3) is 0.391. The number of carboxylic acids is 2. The van der Waals surface area contributed by atoms with Gasteiger partial charge in [-0.15, -0.1) is 0 Å². The minimum absolute atomic E-state index is 0.646. The van der Waals surface area contributed by atoms with Crippen molar-refractivity contribution in [1.29, 1.82) is 0 Å². The highest BCUT2D eigenvalue weighted by Crippen LogP contribution is 2.28. The summed E-state index contributed by atoms with van der Waals surface area (Å²) < 4.78 is 12.3. The van der Waals surface area contributed by atoms with E-state index in [0.717, 1.165) is 50.8 Å². The van der Waals surface area contributed by atoms with Crippen molar-refractivity contribution in [1.82, 2.24) is 9.80 Å². The zero-order valence-corrected chi connectivity index (χ0v) is 19.9. The average molecular weight is 509 g/mol. The number of hydrogen-bond acceptors (Lipinski definition) is 6. The van der Waals surface area contributed by atoms with E-state index in [4.69, 9.17) is 29.3 Å². The fourth-order valence-electron chi connectivity index (χ4n) is 3.32. The van der Waals surface area contributed by atoms with Crippen molar-refractivity contribution in [3.8, 4) is 11.5 Å². The second-order valence-corrected chi connectivity index (χ2v) is 8.03. The second-order valence-electron chi connectivity index (χ2n) is 7.17. The Morgan fingerprint density at radius 3 is 2.06 bits per heavy atom. The quantitative estimate of drug-likeness (QED) is 0.549. The molecule has 0 aliphatic carbocycles. The van der Waals surface area contributed by atoms with Crippen LogP contribution in [0, 0.1) is 0 Å². The summed E-state index contributed by atoms with van der Waals surface area (Å²) in [6.45, 7) is 8.95. The van der Waals surface area contributed by atoms with Crippen molar-refractivity contribution in [2.45, 2.75) is 20.0 Å². The largest absolute Gasteiger partial charge is 0.493 e. The molecule has 0 unspecified atom stereocenters. The Morgan fingerprint density at radius 2 is 1.53 bits per heavy atom. The molecule has 0 atom stereocenters. The minimum Gasteiger partial charge on any atom is -0.493 e. The number of aliphatic carboxylic acids is 2. The van der Waals surface area contributed by atoms with Gasteiger partial charge in [0.1, 0.15) is 0 Å². The van der Waals surface area contributed by atoms with E-state index < -0.39 is 11.9 Å². The number of hydrogen-bond donors (Lipinski definition) is 2. The van der Waals surface area contributed by atoms with Gasteiger partial charge in [0.2, 0.25) is 0 Å². The van der Waals surface area contributed by atoms with E-state index in [-0.39, 0.29) is 0 Å². The van der Waals surface area contributed by atoms with Crippen LogP contribution in [0.3, 0.4) is 0 Å². The SMILES string of the molecule is CCOc1cc(CN2CCN(Cc3ccccc3Br)CC2)ccc1OC.O=C(O)C(=O)O. The van der Waals surface area contributed by atoms with E-state index in [9.17, 15) is 0 Å². The fourth-order valence-corrected chi connectivity index (χ4v) is 3.73. The zero-order chi connectivity index (χ0) is 23.5. The summed E-state index contributed by atoms with van der Waals surface area (Å²) >= 11 is 3.65. The average Bonchev–Trinajstić information content (AvgIpc) is 2.77. The van der Waals surface area contributed by atoms with E-state index >= 15 is 0 Å². The Balaban J connectivity index is 0.000000534. The Bertz CT molecular complexity index is 888. The number of carboxylic acid groups (broad SMARTS) is 2. The van der Waals surface area contributed by atoms with Crippen LogP contribution in [0.5, 0.6) is 11.5 Å². The molecule has 32 heavy (non-hydrogen) atoms. The van der Waals surface area contributed by atoms with E-state index in [1.165, 1.54) is 15.6 Å². The normalized spacial score (nSPS) is 14.2. The smallest absolute Gasteiger partial charge is 0.414 e. The number of rotatable bonds is 7. The Kier molecular flexibility index (Phi) is 10.5. The first kappa shape index (κ1) is 25.6. The maximum atomic E-state index is 9.10. The highest BCUT2D eigenvalue weighted by molar-refractivity contribution is 9.10. The molecule has 3 rings (SSSR count). The minimum atomic E-state index is -1.82. The number of methoxy groups -OCH3 is 1. The van der Waals surface area contributed by atoms with Gasteiger partial charge in [-0.2, -0.15) is 0 Å². The monoisotopic (exact) mass is 508 g/mol. The van der Waals surface area contributed by atoms with E-state index in [1.807, 2.05) is 13.0 Å². The van der Waals surface area contributed by atoms with Crippen LogP contribution in [-0.2, 0) is 22.7 Å². The van der Waals surface area contributed by atoms with Gasteiger partial charge in [-0.3, -0.25) is 9.80 Å². The summed E-state index contributed by atoms with van der Waals surface area (Å²) in [5.41, 5.74) is 2.63. The zero-order valence-electron chi connectivity index (χ0n) is 18.3. The molecule has 0 radical (unpaired) electrons. The van der Waals surface area contributed by atoms with Crippen LogP contribution in [-0.4, -0.2) is 71.8 Å². The summed E-state index contributed by atoms with van der Waals surface area (Å²) in [5, 5.41) is 14.8. The lowest BCUT2D eigenvalue weighted by Crippen LogP contribution is -2.45. The van der Waals surface area contributed by atoms with Crippen molar-refractivity contribution in [2.75, 3.05) is 39.9 Å². The van der Waals surface area contributed by atoms with Crippen LogP contribution in [0.2, 0.25) is 0 Å². The summed E-state index contributed by atoms with van der Waals surface area (Å²) in [6.07, 6.45) is 0. The second kappa shape index (κ2) is 13.0. The van der Waals surface area contributed by atoms with Crippen molar-refractivity contribution >= 4 is 27.9 Å². The lowest BCUT2D eigenvalue weighted by Gasteiger charge is -2.35. The van der Waals surface area contributed by atoms with Gasteiger partial charge < -0.3 is 19.7 Å². The third-order valence-electron chi connectivity index (χ3n) is 4.93. The van der Waals surface area contributed by atoms with Crippen LogP contribution in [0.1, 0.15) is 18.1 Å². The van der Waals surface area contributed by atoms with Crippen LogP contribution in [0.25, 0.3) is 0 Å². The molecule has 1 aliphatic heterocycles. The molecule has 9 heteroatoms. The third kappa shape index (κ3) is 8.14. The molecule has 0 amide bonds. The molecule has 0 bridgehead atoms. The Labute approximate surface area is 196 Å². The predicted molar refractivity (Wildman–Crippen MR) is 124 cm³/mol. The summed E-state index contributed by atoms with van der Waals surface area (Å²) in [6, 6.07) is 14.7. The number of halogens is 1. The first-order valence-corrected chi connectivity index (χ1v) is 11.1. The van der Waals surface area contributed by atoms with Gasteiger partial charge in [0.25, 0.3) is 0 Å².